The minimum atomic E-state index is 0.336. The molecule has 0 saturated heterocycles. The van der Waals surface area contributed by atoms with E-state index in [1.165, 1.54) is 57.4 Å². The van der Waals surface area contributed by atoms with Crippen LogP contribution in [0.15, 0.2) is 12.1 Å². The Balaban J connectivity index is 1.66. The van der Waals surface area contributed by atoms with Gasteiger partial charge in [-0.2, -0.15) is 0 Å². The molecule has 0 amide bonds. The molecule has 4 heteroatoms. The van der Waals surface area contributed by atoms with Crippen LogP contribution in [0.1, 0.15) is 57.6 Å². The highest BCUT2D eigenvalue weighted by Crippen LogP contribution is 2.37. The molecule has 0 bridgehead atoms. The second-order valence-corrected chi connectivity index (χ2v) is 8.12. The van der Waals surface area contributed by atoms with Gasteiger partial charge >= 0.3 is 0 Å². The van der Waals surface area contributed by atoms with Crippen molar-refractivity contribution in [1.82, 2.24) is 10.3 Å². The predicted molar refractivity (Wildman–Crippen MR) is 85.8 cm³/mol. The summed E-state index contributed by atoms with van der Waals surface area (Å²) in [6, 6.07) is 5.63. The van der Waals surface area contributed by atoms with Crippen LogP contribution in [0.4, 0.5) is 0 Å². The molecule has 20 heavy (non-hydrogen) atoms. The van der Waals surface area contributed by atoms with Gasteiger partial charge in [0.1, 0.15) is 5.01 Å². The smallest absolute Gasteiger partial charge is 0.116 e. The Morgan fingerprint density at radius 3 is 2.90 bits per heavy atom. The molecule has 1 fully saturated rings. The van der Waals surface area contributed by atoms with Gasteiger partial charge in [-0.3, -0.25) is 0 Å². The number of hydrogen-bond donors (Lipinski definition) is 1. The molecule has 0 aliphatic heterocycles. The molecule has 0 aromatic carbocycles. The minimum absolute atomic E-state index is 0.336. The number of rotatable bonds is 5. The Bertz CT molecular complexity index is 588. The summed E-state index contributed by atoms with van der Waals surface area (Å²) in [5, 5.41) is 5.11. The Morgan fingerprint density at radius 2 is 2.20 bits per heavy atom. The van der Waals surface area contributed by atoms with Gasteiger partial charge in [-0.1, -0.05) is 6.92 Å². The minimum Gasteiger partial charge on any atom is -0.301 e. The topological polar surface area (TPSA) is 24.9 Å². The number of nitrogens with one attached hydrogen (secondary N) is 1. The molecule has 2 aliphatic rings. The second kappa shape index (κ2) is 5.24. The number of aromatic nitrogens is 1. The van der Waals surface area contributed by atoms with E-state index < -0.39 is 0 Å². The summed E-state index contributed by atoms with van der Waals surface area (Å²) in [5.41, 5.74) is 1.37. The van der Waals surface area contributed by atoms with Crippen molar-refractivity contribution in [1.29, 1.82) is 0 Å². The lowest BCUT2D eigenvalue weighted by atomic mass is 10.2. The van der Waals surface area contributed by atoms with Crippen LogP contribution in [-0.4, -0.2) is 11.0 Å². The number of thiazole rings is 1. The van der Waals surface area contributed by atoms with E-state index in [2.05, 4.69) is 24.4 Å². The first-order valence-electron chi connectivity index (χ1n) is 7.66. The Morgan fingerprint density at radius 1 is 1.30 bits per heavy atom. The molecule has 1 atom stereocenters. The standard InChI is InChI=1S/C16H20N2S2/c1-2-11-8-9-14(19-11)15(17-10-6-7-10)16-18-12-4-3-5-13(12)20-16/h8-10,15,17H,2-7H2,1H3. The van der Waals surface area contributed by atoms with E-state index in [0.717, 1.165) is 6.42 Å². The number of nitrogens with zero attached hydrogens (tertiary/aromatic N) is 1. The molecule has 2 nitrogen and oxygen atoms in total. The van der Waals surface area contributed by atoms with Crippen LogP contribution in [0.5, 0.6) is 0 Å². The zero-order chi connectivity index (χ0) is 13.5. The summed E-state index contributed by atoms with van der Waals surface area (Å²) in [6.45, 7) is 2.23. The fraction of sp³-hybridized carbons (Fsp3) is 0.562. The predicted octanol–water partition coefficient (Wildman–Crippen LogP) is 4.10. The molecule has 1 saturated carbocycles. The van der Waals surface area contributed by atoms with Crippen molar-refractivity contribution in [2.45, 2.75) is 57.5 Å². The van der Waals surface area contributed by atoms with Gasteiger partial charge in [0.05, 0.1) is 11.7 Å². The SMILES string of the molecule is CCc1ccc(C(NC2CC2)c2nc3c(s2)CCC3)s1. The van der Waals surface area contributed by atoms with Gasteiger partial charge in [0.15, 0.2) is 0 Å². The molecule has 106 valence electrons. The summed E-state index contributed by atoms with van der Waals surface area (Å²) in [7, 11) is 0. The van der Waals surface area contributed by atoms with Crippen LogP contribution < -0.4 is 5.32 Å². The van der Waals surface area contributed by atoms with Crippen LogP contribution in [-0.2, 0) is 19.3 Å². The molecule has 1 N–H and O–H groups in total. The maximum atomic E-state index is 4.95. The van der Waals surface area contributed by atoms with Crippen molar-refractivity contribution in [2.24, 2.45) is 0 Å². The van der Waals surface area contributed by atoms with Gasteiger partial charge < -0.3 is 5.32 Å². The third-order valence-electron chi connectivity index (χ3n) is 4.15. The largest absolute Gasteiger partial charge is 0.301 e. The molecule has 4 rings (SSSR count). The van der Waals surface area contributed by atoms with Crippen molar-refractivity contribution < 1.29 is 0 Å². The fourth-order valence-corrected chi connectivity index (χ4v) is 5.16. The average molecular weight is 304 g/mol. The van der Waals surface area contributed by atoms with Crippen LogP contribution >= 0.6 is 22.7 Å². The van der Waals surface area contributed by atoms with Crippen molar-refractivity contribution in [3.05, 3.63) is 37.5 Å². The first kappa shape index (κ1) is 13.0. The van der Waals surface area contributed by atoms with Crippen LogP contribution in [0, 0.1) is 0 Å². The Labute approximate surface area is 128 Å². The van der Waals surface area contributed by atoms with Gasteiger partial charge in [0, 0.05) is 20.7 Å². The first-order chi connectivity index (χ1) is 9.83. The van der Waals surface area contributed by atoms with Gasteiger partial charge in [-0.25, -0.2) is 4.98 Å². The zero-order valence-corrected chi connectivity index (χ0v) is 13.4. The van der Waals surface area contributed by atoms with Crippen LogP contribution in [0.25, 0.3) is 0 Å². The van der Waals surface area contributed by atoms with Crippen LogP contribution in [0.2, 0.25) is 0 Å². The zero-order valence-electron chi connectivity index (χ0n) is 11.8. The van der Waals surface area contributed by atoms with Gasteiger partial charge in [0.25, 0.3) is 0 Å². The Kier molecular flexibility index (Phi) is 3.41. The van der Waals surface area contributed by atoms with E-state index in [-0.39, 0.29) is 0 Å². The third-order valence-corrected chi connectivity index (χ3v) is 6.67. The summed E-state index contributed by atoms with van der Waals surface area (Å²) in [4.78, 5) is 9.41. The molecule has 0 radical (unpaired) electrons. The quantitative estimate of drug-likeness (QED) is 0.899. The van der Waals surface area contributed by atoms with E-state index >= 15 is 0 Å². The van der Waals surface area contributed by atoms with E-state index in [9.17, 15) is 0 Å². The highest BCUT2D eigenvalue weighted by molar-refractivity contribution is 7.13. The van der Waals surface area contributed by atoms with E-state index in [1.54, 1.807) is 0 Å². The lowest BCUT2D eigenvalue weighted by Gasteiger charge is -2.14. The number of thiophene rings is 1. The number of aryl methyl sites for hydroxylation is 3. The lowest BCUT2D eigenvalue weighted by Crippen LogP contribution is -2.23. The lowest BCUT2D eigenvalue weighted by molar-refractivity contribution is 0.604. The maximum absolute atomic E-state index is 4.95. The normalized spacial score (nSPS) is 19.2. The fourth-order valence-electron chi connectivity index (χ4n) is 2.83. The van der Waals surface area contributed by atoms with Gasteiger partial charge in [-0.05, 0) is 50.7 Å². The average Bonchev–Trinajstić information content (AvgIpc) is 2.88. The van der Waals surface area contributed by atoms with E-state index in [0.29, 0.717) is 12.1 Å². The third kappa shape index (κ3) is 2.45. The van der Waals surface area contributed by atoms with Gasteiger partial charge in [-0.15, -0.1) is 22.7 Å². The summed E-state index contributed by atoms with van der Waals surface area (Å²) >= 11 is 3.90. The Hall–Kier alpha value is -0.710. The summed E-state index contributed by atoms with van der Waals surface area (Å²) < 4.78 is 0. The van der Waals surface area contributed by atoms with E-state index in [1.807, 2.05) is 22.7 Å². The van der Waals surface area contributed by atoms with Gasteiger partial charge in [0.2, 0.25) is 0 Å². The van der Waals surface area contributed by atoms with Crippen molar-refractivity contribution in [2.75, 3.05) is 0 Å². The molecule has 2 aromatic rings. The molecule has 2 aliphatic carbocycles. The highest BCUT2D eigenvalue weighted by atomic mass is 32.1. The highest BCUT2D eigenvalue weighted by Gasteiger charge is 2.30. The van der Waals surface area contributed by atoms with E-state index in [4.69, 9.17) is 4.98 Å². The molecular formula is C16H20N2S2. The molecule has 1 unspecified atom stereocenters. The molecule has 2 heterocycles. The monoisotopic (exact) mass is 304 g/mol. The molecule has 2 aromatic heterocycles. The summed E-state index contributed by atoms with van der Waals surface area (Å²) in [5.74, 6) is 0. The number of hydrogen-bond acceptors (Lipinski definition) is 4. The number of fused-ring (bicyclic) bond motifs is 1. The molecule has 0 spiro atoms. The summed E-state index contributed by atoms with van der Waals surface area (Å²) in [6.07, 6.45) is 7.52. The second-order valence-electron chi connectivity index (χ2n) is 5.81. The van der Waals surface area contributed by atoms with Crippen molar-refractivity contribution >= 4 is 22.7 Å². The van der Waals surface area contributed by atoms with Crippen molar-refractivity contribution in [3.8, 4) is 0 Å². The maximum Gasteiger partial charge on any atom is 0.116 e. The van der Waals surface area contributed by atoms with Crippen LogP contribution in [0.3, 0.4) is 0 Å². The van der Waals surface area contributed by atoms with Crippen molar-refractivity contribution in [3.63, 3.8) is 0 Å². The first-order valence-corrected chi connectivity index (χ1v) is 9.30. The molecular weight excluding hydrogens is 284 g/mol.